The molecule has 2 aromatic rings. The summed E-state index contributed by atoms with van der Waals surface area (Å²) >= 11 is 1.62. The van der Waals surface area contributed by atoms with Gasteiger partial charge in [0.15, 0.2) is 0 Å². The van der Waals surface area contributed by atoms with Gasteiger partial charge in [0, 0.05) is 11.4 Å². The average molecular weight is 314 g/mol. The number of amides is 1. The molecule has 0 unspecified atom stereocenters. The maximum atomic E-state index is 12.3. The van der Waals surface area contributed by atoms with Gasteiger partial charge in [0.05, 0.1) is 12.4 Å². The Morgan fingerprint density at radius 2 is 2.05 bits per heavy atom. The zero-order valence-corrected chi connectivity index (χ0v) is 13.2. The Labute approximate surface area is 134 Å². The smallest absolute Gasteiger partial charge is 0.238 e. The predicted molar refractivity (Wildman–Crippen MR) is 91.2 cm³/mol. The van der Waals surface area contributed by atoms with Gasteiger partial charge in [-0.3, -0.25) is 9.69 Å². The summed E-state index contributed by atoms with van der Waals surface area (Å²) in [6.07, 6.45) is 0. The molecule has 4 nitrogen and oxygen atoms in total. The van der Waals surface area contributed by atoms with Crippen molar-refractivity contribution in [3.63, 3.8) is 0 Å². The lowest BCUT2D eigenvalue weighted by molar-refractivity contribution is -0.115. The van der Waals surface area contributed by atoms with Crippen molar-refractivity contribution in [1.82, 2.24) is 0 Å². The van der Waals surface area contributed by atoms with E-state index >= 15 is 0 Å². The quantitative estimate of drug-likeness (QED) is 0.878. The summed E-state index contributed by atoms with van der Waals surface area (Å²) in [4.78, 5) is 14.1. The Balaban J connectivity index is 1.90. The third-order valence-corrected chi connectivity index (χ3v) is 4.70. The fraction of sp³-hybridized carbons (Fsp3) is 0.235. The molecule has 22 heavy (non-hydrogen) atoms. The molecule has 2 aromatic carbocycles. The Bertz CT molecular complexity index is 673. The zero-order valence-electron chi connectivity index (χ0n) is 12.4. The number of rotatable bonds is 4. The van der Waals surface area contributed by atoms with Gasteiger partial charge >= 0.3 is 0 Å². The minimum atomic E-state index is -0.0334. The van der Waals surface area contributed by atoms with E-state index in [0.29, 0.717) is 18.0 Å². The van der Waals surface area contributed by atoms with Crippen LogP contribution in [0.5, 0.6) is 5.75 Å². The maximum Gasteiger partial charge on any atom is 0.238 e. The first kappa shape index (κ1) is 14.8. The molecule has 3 rings (SSSR count). The standard InChI is InChI=1S/C17H18N2O2S/c1-2-21-15-8-6-14(7-9-15)19-16(20)11-22-17(19)12-4-3-5-13(18)10-12/h3-10,17H,2,11,18H2,1H3/t17-/m1/s1. The van der Waals surface area contributed by atoms with E-state index < -0.39 is 0 Å². The Hall–Kier alpha value is -2.14. The minimum Gasteiger partial charge on any atom is -0.494 e. The lowest BCUT2D eigenvalue weighted by Crippen LogP contribution is -2.27. The first-order chi connectivity index (χ1) is 10.7. The van der Waals surface area contributed by atoms with Crippen LogP contribution in [0.25, 0.3) is 0 Å². The lowest BCUT2D eigenvalue weighted by atomic mass is 10.1. The van der Waals surface area contributed by atoms with E-state index in [4.69, 9.17) is 10.5 Å². The van der Waals surface area contributed by atoms with Gasteiger partial charge in [-0.1, -0.05) is 12.1 Å². The molecule has 1 atom stereocenters. The van der Waals surface area contributed by atoms with E-state index in [9.17, 15) is 4.79 Å². The summed E-state index contributed by atoms with van der Waals surface area (Å²) in [5.41, 5.74) is 8.51. The van der Waals surface area contributed by atoms with Gasteiger partial charge in [0.25, 0.3) is 0 Å². The molecule has 0 spiro atoms. The molecular weight excluding hydrogens is 296 g/mol. The van der Waals surface area contributed by atoms with E-state index in [1.807, 2.05) is 60.4 Å². The van der Waals surface area contributed by atoms with Crippen LogP contribution in [0.1, 0.15) is 17.9 Å². The SMILES string of the molecule is CCOc1ccc(N2C(=O)CS[C@@H]2c2cccc(N)c2)cc1. The monoisotopic (exact) mass is 314 g/mol. The van der Waals surface area contributed by atoms with Crippen LogP contribution in [0.4, 0.5) is 11.4 Å². The first-order valence-corrected chi connectivity index (χ1v) is 8.26. The van der Waals surface area contributed by atoms with Crippen molar-refractivity contribution < 1.29 is 9.53 Å². The minimum absolute atomic E-state index is 0.0334. The maximum absolute atomic E-state index is 12.3. The molecule has 0 saturated carbocycles. The van der Waals surface area contributed by atoms with Gasteiger partial charge in [-0.25, -0.2) is 0 Å². The number of carbonyl (C=O) groups excluding carboxylic acids is 1. The second-order valence-corrected chi connectivity index (χ2v) is 6.09. The molecule has 0 aliphatic carbocycles. The molecule has 0 bridgehead atoms. The molecule has 1 saturated heterocycles. The summed E-state index contributed by atoms with van der Waals surface area (Å²) in [5, 5.41) is -0.0334. The predicted octanol–water partition coefficient (Wildman–Crippen LogP) is 3.45. The van der Waals surface area contributed by atoms with Gasteiger partial charge in [-0.15, -0.1) is 11.8 Å². The van der Waals surface area contributed by atoms with Crippen LogP contribution in [0, 0.1) is 0 Å². The highest BCUT2D eigenvalue weighted by molar-refractivity contribution is 8.00. The number of hydrogen-bond donors (Lipinski definition) is 1. The number of benzene rings is 2. The number of hydrogen-bond acceptors (Lipinski definition) is 4. The van der Waals surface area contributed by atoms with Gasteiger partial charge in [0.2, 0.25) is 5.91 Å². The molecule has 2 N–H and O–H groups in total. The molecule has 1 aliphatic rings. The highest BCUT2D eigenvalue weighted by Crippen LogP contribution is 2.42. The third kappa shape index (κ3) is 2.90. The highest BCUT2D eigenvalue weighted by Gasteiger charge is 2.34. The summed E-state index contributed by atoms with van der Waals surface area (Å²) < 4.78 is 5.45. The molecule has 0 aromatic heterocycles. The van der Waals surface area contributed by atoms with E-state index in [0.717, 1.165) is 17.0 Å². The van der Waals surface area contributed by atoms with Crippen LogP contribution >= 0.6 is 11.8 Å². The van der Waals surface area contributed by atoms with Crippen molar-refractivity contribution >= 4 is 29.0 Å². The molecule has 0 radical (unpaired) electrons. The molecule has 1 amide bonds. The normalized spacial score (nSPS) is 17.8. The van der Waals surface area contributed by atoms with Gasteiger partial charge in [0.1, 0.15) is 11.1 Å². The molecule has 114 valence electrons. The number of nitrogens with two attached hydrogens (primary N) is 1. The molecular formula is C17H18N2O2S. The van der Waals surface area contributed by atoms with Crippen molar-refractivity contribution in [2.24, 2.45) is 0 Å². The van der Waals surface area contributed by atoms with E-state index in [2.05, 4.69) is 0 Å². The number of anilines is 2. The fourth-order valence-corrected chi connectivity index (χ4v) is 3.70. The summed E-state index contributed by atoms with van der Waals surface area (Å²) in [6.45, 7) is 2.58. The van der Waals surface area contributed by atoms with Crippen LogP contribution in [-0.4, -0.2) is 18.3 Å². The fourth-order valence-electron chi connectivity index (χ4n) is 2.53. The zero-order chi connectivity index (χ0) is 15.5. The number of ether oxygens (including phenoxy) is 1. The summed E-state index contributed by atoms with van der Waals surface area (Å²) in [7, 11) is 0. The van der Waals surface area contributed by atoms with Gasteiger partial charge < -0.3 is 10.5 Å². The second kappa shape index (κ2) is 6.32. The van der Waals surface area contributed by atoms with E-state index in [1.54, 1.807) is 11.8 Å². The first-order valence-electron chi connectivity index (χ1n) is 7.21. The number of nitrogen functional groups attached to an aromatic ring is 1. The molecule has 1 aliphatic heterocycles. The Morgan fingerprint density at radius 1 is 1.27 bits per heavy atom. The van der Waals surface area contributed by atoms with Crippen LogP contribution in [0.15, 0.2) is 48.5 Å². The largest absolute Gasteiger partial charge is 0.494 e. The Morgan fingerprint density at radius 3 is 2.73 bits per heavy atom. The van der Waals surface area contributed by atoms with E-state index in [1.165, 1.54) is 0 Å². The lowest BCUT2D eigenvalue weighted by Gasteiger charge is -2.24. The number of carbonyl (C=O) groups is 1. The van der Waals surface area contributed by atoms with E-state index in [-0.39, 0.29) is 11.3 Å². The summed E-state index contributed by atoms with van der Waals surface area (Å²) in [6, 6.07) is 15.3. The van der Waals surface area contributed by atoms with Crippen LogP contribution < -0.4 is 15.4 Å². The topological polar surface area (TPSA) is 55.6 Å². The third-order valence-electron chi connectivity index (χ3n) is 3.49. The Kier molecular flexibility index (Phi) is 4.24. The van der Waals surface area contributed by atoms with Crippen molar-refractivity contribution in [2.75, 3.05) is 23.0 Å². The van der Waals surface area contributed by atoms with Crippen molar-refractivity contribution in [1.29, 1.82) is 0 Å². The van der Waals surface area contributed by atoms with Crippen LogP contribution in [0.3, 0.4) is 0 Å². The van der Waals surface area contributed by atoms with Gasteiger partial charge in [-0.2, -0.15) is 0 Å². The van der Waals surface area contributed by atoms with Crippen molar-refractivity contribution in [3.05, 3.63) is 54.1 Å². The van der Waals surface area contributed by atoms with Crippen LogP contribution in [0.2, 0.25) is 0 Å². The molecule has 1 heterocycles. The van der Waals surface area contributed by atoms with Crippen molar-refractivity contribution in [2.45, 2.75) is 12.3 Å². The number of thioether (sulfide) groups is 1. The van der Waals surface area contributed by atoms with Crippen molar-refractivity contribution in [3.8, 4) is 5.75 Å². The highest BCUT2D eigenvalue weighted by atomic mass is 32.2. The van der Waals surface area contributed by atoms with Gasteiger partial charge in [-0.05, 0) is 48.9 Å². The van der Waals surface area contributed by atoms with Crippen LogP contribution in [-0.2, 0) is 4.79 Å². The molecule has 5 heteroatoms. The molecule has 1 fully saturated rings. The average Bonchev–Trinajstić information content (AvgIpc) is 2.90. The second-order valence-electron chi connectivity index (χ2n) is 5.02. The summed E-state index contributed by atoms with van der Waals surface area (Å²) in [5.74, 6) is 1.40. The number of nitrogens with zero attached hydrogens (tertiary/aromatic N) is 1.